The number of nitrogens with two attached hydrogens (primary N) is 1. The van der Waals surface area contributed by atoms with Gasteiger partial charge in [0, 0.05) is 24.7 Å². The van der Waals surface area contributed by atoms with Crippen molar-refractivity contribution in [3.63, 3.8) is 0 Å². The summed E-state index contributed by atoms with van der Waals surface area (Å²) in [6, 6.07) is 5.10. The molecule has 0 radical (unpaired) electrons. The molecule has 2 nitrogen and oxygen atoms in total. The third-order valence-electron chi connectivity index (χ3n) is 2.82. The van der Waals surface area contributed by atoms with Gasteiger partial charge in [-0.15, -0.1) is 0 Å². The molecule has 1 atom stereocenters. The van der Waals surface area contributed by atoms with E-state index in [1.807, 2.05) is 26.2 Å². The summed E-state index contributed by atoms with van der Waals surface area (Å²) < 4.78 is 15.4. The highest BCUT2D eigenvalue weighted by molar-refractivity contribution is 5.84. The van der Waals surface area contributed by atoms with Crippen molar-refractivity contribution in [1.29, 1.82) is 0 Å². The topological polar surface area (TPSA) is 30.9 Å². The maximum absolute atomic E-state index is 13.6. The standard InChI is InChI=1S/C12H15FN2/c1-3-11(14)9-7-15(2)12-8(9)5-4-6-10(12)13/h4-7,11H,3,14H2,1-2H3. The van der Waals surface area contributed by atoms with E-state index in [-0.39, 0.29) is 11.9 Å². The number of rotatable bonds is 2. The number of hydrogen-bond acceptors (Lipinski definition) is 1. The average Bonchev–Trinajstić information content (AvgIpc) is 2.56. The molecule has 0 aliphatic rings. The monoisotopic (exact) mass is 206 g/mol. The Bertz CT molecular complexity index is 488. The second kappa shape index (κ2) is 3.66. The van der Waals surface area contributed by atoms with E-state index in [9.17, 15) is 4.39 Å². The van der Waals surface area contributed by atoms with E-state index in [2.05, 4.69) is 0 Å². The molecule has 0 saturated heterocycles. The highest BCUT2D eigenvalue weighted by atomic mass is 19.1. The van der Waals surface area contributed by atoms with Crippen LogP contribution in [-0.4, -0.2) is 4.57 Å². The van der Waals surface area contributed by atoms with Crippen molar-refractivity contribution in [2.45, 2.75) is 19.4 Å². The van der Waals surface area contributed by atoms with Gasteiger partial charge < -0.3 is 10.3 Å². The van der Waals surface area contributed by atoms with Gasteiger partial charge in [0.1, 0.15) is 5.82 Å². The largest absolute Gasteiger partial charge is 0.348 e. The number of halogens is 1. The summed E-state index contributed by atoms with van der Waals surface area (Å²) in [4.78, 5) is 0. The first-order chi connectivity index (χ1) is 7.15. The Hall–Kier alpha value is -1.35. The van der Waals surface area contributed by atoms with Crippen molar-refractivity contribution in [3.05, 3.63) is 35.8 Å². The summed E-state index contributed by atoms with van der Waals surface area (Å²) in [5.74, 6) is -0.190. The molecule has 2 N–H and O–H groups in total. The van der Waals surface area contributed by atoms with Gasteiger partial charge in [-0.25, -0.2) is 4.39 Å². The number of aromatic nitrogens is 1. The molecule has 1 heterocycles. The highest BCUT2D eigenvalue weighted by Gasteiger charge is 2.13. The lowest BCUT2D eigenvalue weighted by Gasteiger charge is -2.06. The van der Waals surface area contributed by atoms with Crippen LogP contribution in [0.5, 0.6) is 0 Å². The van der Waals surface area contributed by atoms with Crippen LogP contribution >= 0.6 is 0 Å². The fourth-order valence-corrected chi connectivity index (χ4v) is 1.96. The van der Waals surface area contributed by atoms with Gasteiger partial charge in [-0.2, -0.15) is 0 Å². The molecule has 0 saturated carbocycles. The number of para-hydroxylation sites is 1. The Morgan fingerprint density at radius 3 is 2.87 bits per heavy atom. The Balaban J connectivity index is 2.73. The number of aryl methyl sites for hydroxylation is 1. The lowest BCUT2D eigenvalue weighted by Crippen LogP contribution is -2.07. The summed E-state index contributed by atoms with van der Waals surface area (Å²) in [5, 5.41) is 0.923. The highest BCUT2D eigenvalue weighted by Crippen LogP contribution is 2.27. The molecule has 0 spiro atoms. The lowest BCUT2D eigenvalue weighted by molar-refractivity contribution is 0.632. The molecule has 0 bridgehead atoms. The maximum atomic E-state index is 13.6. The van der Waals surface area contributed by atoms with Gasteiger partial charge in [0.15, 0.2) is 0 Å². The first-order valence-corrected chi connectivity index (χ1v) is 5.14. The molecule has 1 aromatic heterocycles. The van der Waals surface area contributed by atoms with Crippen molar-refractivity contribution in [2.24, 2.45) is 12.8 Å². The Morgan fingerprint density at radius 1 is 1.47 bits per heavy atom. The van der Waals surface area contributed by atoms with Crippen LogP contribution in [0.2, 0.25) is 0 Å². The SMILES string of the molecule is CCC(N)c1cn(C)c2c(F)cccc12. The van der Waals surface area contributed by atoms with Gasteiger partial charge in [-0.1, -0.05) is 19.1 Å². The average molecular weight is 206 g/mol. The molecule has 2 aromatic rings. The smallest absolute Gasteiger partial charge is 0.147 e. The van der Waals surface area contributed by atoms with E-state index in [1.54, 1.807) is 10.6 Å². The summed E-state index contributed by atoms with van der Waals surface area (Å²) in [6.07, 6.45) is 2.78. The molecule has 80 valence electrons. The zero-order chi connectivity index (χ0) is 11.0. The van der Waals surface area contributed by atoms with Gasteiger partial charge in [0.25, 0.3) is 0 Å². The van der Waals surface area contributed by atoms with Crippen LogP contribution < -0.4 is 5.73 Å². The van der Waals surface area contributed by atoms with Crippen LogP contribution in [0.1, 0.15) is 24.9 Å². The van der Waals surface area contributed by atoms with Crippen LogP contribution in [0.3, 0.4) is 0 Å². The predicted octanol–water partition coefficient (Wildman–Crippen LogP) is 2.73. The van der Waals surface area contributed by atoms with Gasteiger partial charge >= 0.3 is 0 Å². The Labute approximate surface area is 88.5 Å². The molecule has 0 aliphatic carbocycles. The fourth-order valence-electron chi connectivity index (χ4n) is 1.96. The summed E-state index contributed by atoms with van der Waals surface area (Å²) in [5.41, 5.74) is 7.65. The molecule has 2 rings (SSSR count). The quantitative estimate of drug-likeness (QED) is 0.804. The van der Waals surface area contributed by atoms with Crippen LogP contribution in [0, 0.1) is 5.82 Å². The van der Waals surface area contributed by atoms with Gasteiger partial charge in [-0.3, -0.25) is 0 Å². The van der Waals surface area contributed by atoms with Crippen molar-refractivity contribution in [3.8, 4) is 0 Å². The van der Waals surface area contributed by atoms with Crippen LogP contribution in [0.25, 0.3) is 10.9 Å². The van der Waals surface area contributed by atoms with Gasteiger partial charge in [-0.05, 0) is 18.1 Å². The van der Waals surface area contributed by atoms with Crippen molar-refractivity contribution in [2.75, 3.05) is 0 Å². The van der Waals surface area contributed by atoms with Crippen molar-refractivity contribution in [1.82, 2.24) is 4.57 Å². The van der Waals surface area contributed by atoms with Crippen LogP contribution in [0.4, 0.5) is 4.39 Å². The third-order valence-corrected chi connectivity index (χ3v) is 2.82. The van der Waals surface area contributed by atoms with Crippen molar-refractivity contribution >= 4 is 10.9 Å². The predicted molar refractivity (Wildman–Crippen MR) is 60.1 cm³/mol. The van der Waals surface area contributed by atoms with Gasteiger partial charge in [0.05, 0.1) is 5.52 Å². The number of benzene rings is 1. The molecule has 0 aliphatic heterocycles. The zero-order valence-electron chi connectivity index (χ0n) is 9.00. The van der Waals surface area contributed by atoms with E-state index < -0.39 is 0 Å². The molecule has 0 amide bonds. The zero-order valence-corrected chi connectivity index (χ0v) is 9.00. The van der Waals surface area contributed by atoms with Gasteiger partial charge in [0.2, 0.25) is 0 Å². The summed E-state index contributed by atoms with van der Waals surface area (Å²) in [7, 11) is 1.84. The van der Waals surface area contributed by atoms with E-state index in [1.165, 1.54) is 6.07 Å². The minimum Gasteiger partial charge on any atom is -0.348 e. The molecule has 0 fully saturated rings. The number of fused-ring (bicyclic) bond motifs is 1. The summed E-state index contributed by atoms with van der Waals surface area (Å²) in [6.45, 7) is 2.03. The van der Waals surface area contributed by atoms with Crippen LogP contribution in [-0.2, 0) is 7.05 Å². The molecule has 3 heteroatoms. The number of nitrogens with zero attached hydrogens (tertiary/aromatic N) is 1. The molecule has 1 unspecified atom stereocenters. The maximum Gasteiger partial charge on any atom is 0.147 e. The second-order valence-corrected chi connectivity index (χ2v) is 3.85. The molecular formula is C12H15FN2. The third kappa shape index (κ3) is 1.53. The van der Waals surface area contributed by atoms with E-state index in [4.69, 9.17) is 5.73 Å². The summed E-state index contributed by atoms with van der Waals surface area (Å²) >= 11 is 0. The Morgan fingerprint density at radius 2 is 2.20 bits per heavy atom. The molecule has 15 heavy (non-hydrogen) atoms. The fraction of sp³-hybridized carbons (Fsp3) is 0.333. The first kappa shape index (κ1) is 10.2. The molecule has 1 aromatic carbocycles. The minimum atomic E-state index is -0.190. The van der Waals surface area contributed by atoms with Crippen molar-refractivity contribution < 1.29 is 4.39 Å². The van der Waals surface area contributed by atoms with E-state index in [0.29, 0.717) is 5.52 Å². The Kier molecular flexibility index (Phi) is 2.49. The van der Waals surface area contributed by atoms with E-state index >= 15 is 0 Å². The molecular weight excluding hydrogens is 191 g/mol. The number of hydrogen-bond donors (Lipinski definition) is 1. The first-order valence-electron chi connectivity index (χ1n) is 5.14. The minimum absolute atomic E-state index is 0.0181. The normalized spacial score (nSPS) is 13.3. The lowest BCUT2D eigenvalue weighted by atomic mass is 10.0. The second-order valence-electron chi connectivity index (χ2n) is 3.85. The van der Waals surface area contributed by atoms with E-state index in [0.717, 1.165) is 17.4 Å². The van der Waals surface area contributed by atoms with Crippen LogP contribution in [0.15, 0.2) is 24.4 Å².